The lowest BCUT2D eigenvalue weighted by Crippen LogP contribution is -1.92. The molecule has 3 aromatic carbocycles. The molecule has 0 nitrogen and oxygen atoms in total. The van der Waals surface area contributed by atoms with Crippen molar-refractivity contribution in [1.29, 1.82) is 0 Å². The van der Waals surface area contributed by atoms with E-state index in [0.717, 1.165) is 12.3 Å². The van der Waals surface area contributed by atoms with Gasteiger partial charge in [0.25, 0.3) is 0 Å². The van der Waals surface area contributed by atoms with Gasteiger partial charge < -0.3 is 0 Å². The minimum Gasteiger partial charge on any atom is -0.133 e. The fourth-order valence-electron chi connectivity index (χ4n) is 3.03. The topological polar surface area (TPSA) is 0 Å². The van der Waals surface area contributed by atoms with E-state index in [-0.39, 0.29) is 0 Å². The molecule has 3 unspecified atom stereocenters. The monoisotopic (exact) mass is 368 g/mol. The zero-order chi connectivity index (χ0) is 17.1. The van der Waals surface area contributed by atoms with Crippen molar-refractivity contribution in [1.82, 2.24) is 0 Å². The number of benzene rings is 3. The number of rotatable bonds is 4. The molecule has 0 bridgehead atoms. The summed E-state index contributed by atoms with van der Waals surface area (Å²) in [5.74, 6) is 0. The molecule has 0 heterocycles. The first-order chi connectivity index (χ1) is 11.6. The molecular formula is C21H23P3. The summed E-state index contributed by atoms with van der Waals surface area (Å²) in [4.78, 5) is 0. The van der Waals surface area contributed by atoms with Crippen LogP contribution in [0.25, 0.3) is 22.3 Å². The van der Waals surface area contributed by atoms with Crippen LogP contribution < -0.4 is 5.30 Å². The van der Waals surface area contributed by atoms with Crippen LogP contribution in [0.1, 0.15) is 16.7 Å². The highest BCUT2D eigenvalue weighted by molar-refractivity contribution is 7.27. The molecule has 0 fully saturated rings. The molecule has 24 heavy (non-hydrogen) atoms. The van der Waals surface area contributed by atoms with Crippen molar-refractivity contribution in [2.75, 3.05) is 0 Å². The lowest BCUT2D eigenvalue weighted by molar-refractivity contribution is 1.28. The summed E-state index contributed by atoms with van der Waals surface area (Å²) >= 11 is 0. The SMILES string of the molecule is Cc1cc(-c2ccc(P)cc2)ccc1-c1ccc(CP)c(CP)c1. The summed E-state index contributed by atoms with van der Waals surface area (Å²) in [5, 5.41) is 1.21. The first kappa shape index (κ1) is 17.8. The maximum absolute atomic E-state index is 2.84. The molecule has 0 saturated carbocycles. The average molecular weight is 368 g/mol. The molecule has 0 spiro atoms. The van der Waals surface area contributed by atoms with Gasteiger partial charge in [0.15, 0.2) is 0 Å². The molecule has 0 saturated heterocycles. The van der Waals surface area contributed by atoms with Gasteiger partial charge in [0, 0.05) is 0 Å². The maximum atomic E-state index is 2.84. The smallest absolute Gasteiger partial charge is 0.0125 e. The highest BCUT2D eigenvalue weighted by Crippen LogP contribution is 2.30. The predicted molar refractivity (Wildman–Crippen MR) is 118 cm³/mol. The second kappa shape index (κ2) is 7.89. The van der Waals surface area contributed by atoms with Gasteiger partial charge >= 0.3 is 0 Å². The van der Waals surface area contributed by atoms with Crippen molar-refractivity contribution in [2.45, 2.75) is 19.2 Å². The van der Waals surface area contributed by atoms with Crippen LogP contribution in [0.5, 0.6) is 0 Å². The van der Waals surface area contributed by atoms with Crippen LogP contribution >= 0.6 is 27.7 Å². The van der Waals surface area contributed by atoms with Gasteiger partial charge in [-0.25, -0.2) is 0 Å². The Kier molecular flexibility index (Phi) is 5.84. The molecule has 3 rings (SSSR count). The number of aryl methyl sites for hydroxylation is 1. The van der Waals surface area contributed by atoms with E-state index in [1.807, 2.05) is 0 Å². The van der Waals surface area contributed by atoms with Crippen molar-refractivity contribution >= 4 is 33.0 Å². The third-order valence-electron chi connectivity index (χ3n) is 4.43. The lowest BCUT2D eigenvalue weighted by Gasteiger charge is -2.13. The average Bonchev–Trinajstić information content (AvgIpc) is 2.61. The summed E-state index contributed by atoms with van der Waals surface area (Å²) in [6.45, 7) is 2.20. The van der Waals surface area contributed by atoms with Gasteiger partial charge in [-0.05, 0) is 63.5 Å². The molecule has 0 aliphatic heterocycles. The first-order valence-electron chi connectivity index (χ1n) is 8.11. The van der Waals surface area contributed by atoms with Crippen molar-refractivity contribution in [3.63, 3.8) is 0 Å². The molecular weight excluding hydrogens is 345 g/mol. The van der Waals surface area contributed by atoms with E-state index < -0.39 is 0 Å². The summed E-state index contributed by atoms with van der Waals surface area (Å²) in [5.41, 5.74) is 9.29. The minimum absolute atomic E-state index is 0.996. The molecule has 0 aliphatic rings. The van der Waals surface area contributed by atoms with Gasteiger partial charge in [0.1, 0.15) is 0 Å². The third-order valence-corrected chi connectivity index (χ3v) is 5.69. The van der Waals surface area contributed by atoms with Crippen LogP contribution in [0.15, 0.2) is 60.7 Å². The second-order valence-corrected chi connectivity index (χ2v) is 7.53. The van der Waals surface area contributed by atoms with Crippen LogP contribution in [-0.4, -0.2) is 0 Å². The Bertz CT molecular complexity index is 851. The largest absolute Gasteiger partial charge is 0.133 e. The summed E-state index contributed by atoms with van der Waals surface area (Å²) in [7, 11) is 8.40. The fraction of sp³-hybridized carbons (Fsp3) is 0.143. The zero-order valence-electron chi connectivity index (χ0n) is 13.9. The summed E-state index contributed by atoms with van der Waals surface area (Å²) < 4.78 is 0. The van der Waals surface area contributed by atoms with Gasteiger partial charge in [-0.15, -0.1) is 27.7 Å². The Hall–Kier alpha value is -1.05. The number of hydrogen-bond donors (Lipinski definition) is 0. The van der Waals surface area contributed by atoms with E-state index in [9.17, 15) is 0 Å². The van der Waals surface area contributed by atoms with Crippen molar-refractivity contribution in [3.8, 4) is 22.3 Å². The highest BCUT2D eigenvalue weighted by atomic mass is 31.0. The Morgan fingerprint density at radius 2 is 1.29 bits per heavy atom. The Morgan fingerprint density at radius 3 is 1.92 bits per heavy atom. The van der Waals surface area contributed by atoms with Crippen LogP contribution in [0.2, 0.25) is 0 Å². The van der Waals surface area contributed by atoms with Gasteiger partial charge in [0.05, 0.1) is 0 Å². The van der Waals surface area contributed by atoms with Crippen molar-refractivity contribution < 1.29 is 0 Å². The van der Waals surface area contributed by atoms with Crippen LogP contribution in [0.3, 0.4) is 0 Å². The Morgan fingerprint density at radius 1 is 0.667 bits per heavy atom. The predicted octanol–water partition coefficient (Wildman–Crippen LogP) is 5.58. The summed E-state index contributed by atoms with van der Waals surface area (Å²) in [6, 6.07) is 22.2. The first-order valence-corrected chi connectivity index (χ1v) is 10.3. The molecule has 3 atom stereocenters. The Balaban J connectivity index is 2.00. The quantitative estimate of drug-likeness (QED) is 0.528. The van der Waals surface area contributed by atoms with E-state index in [1.54, 1.807) is 0 Å². The minimum atomic E-state index is 0.996. The Labute approximate surface area is 152 Å². The molecule has 3 aromatic rings. The molecule has 0 aliphatic carbocycles. The van der Waals surface area contributed by atoms with Gasteiger partial charge in [-0.3, -0.25) is 0 Å². The molecule has 3 heteroatoms. The van der Waals surface area contributed by atoms with Crippen molar-refractivity contribution in [3.05, 3.63) is 77.4 Å². The van der Waals surface area contributed by atoms with Crippen LogP contribution in [-0.2, 0) is 12.3 Å². The van der Waals surface area contributed by atoms with Gasteiger partial charge in [-0.1, -0.05) is 60.7 Å². The molecule has 0 N–H and O–H groups in total. The van der Waals surface area contributed by atoms with E-state index in [2.05, 4.69) is 95.3 Å². The number of hydrogen-bond acceptors (Lipinski definition) is 0. The maximum Gasteiger partial charge on any atom is -0.0125 e. The molecule has 0 amide bonds. The van der Waals surface area contributed by atoms with Gasteiger partial charge in [-0.2, -0.15) is 0 Å². The highest BCUT2D eigenvalue weighted by Gasteiger charge is 2.07. The molecule has 0 aromatic heterocycles. The van der Waals surface area contributed by atoms with Crippen LogP contribution in [0, 0.1) is 6.92 Å². The van der Waals surface area contributed by atoms with E-state index in [1.165, 1.54) is 44.2 Å². The lowest BCUT2D eigenvalue weighted by atomic mass is 9.94. The van der Waals surface area contributed by atoms with E-state index in [0.29, 0.717) is 0 Å². The van der Waals surface area contributed by atoms with Crippen molar-refractivity contribution in [2.24, 2.45) is 0 Å². The summed E-state index contributed by atoms with van der Waals surface area (Å²) in [6.07, 6.45) is 2.00. The fourth-order valence-corrected chi connectivity index (χ4v) is 4.00. The second-order valence-electron chi connectivity index (χ2n) is 6.04. The van der Waals surface area contributed by atoms with Gasteiger partial charge in [0.2, 0.25) is 0 Å². The standard InChI is InChI=1S/C21H23P3/c1-14-10-16(15-4-7-20(24)8-5-15)6-9-21(14)17-2-3-18(12-22)19(11-17)13-23/h2-11H,12-13,22-24H2,1H3. The van der Waals surface area contributed by atoms with E-state index in [4.69, 9.17) is 0 Å². The zero-order valence-corrected chi connectivity index (χ0v) is 17.4. The molecule has 122 valence electrons. The van der Waals surface area contributed by atoms with Crippen LogP contribution in [0.4, 0.5) is 0 Å². The van der Waals surface area contributed by atoms with E-state index >= 15 is 0 Å². The normalized spacial score (nSPS) is 10.8. The molecule has 0 radical (unpaired) electrons. The third kappa shape index (κ3) is 3.78.